The Labute approximate surface area is 126 Å². The van der Waals surface area contributed by atoms with Crippen molar-refractivity contribution in [2.24, 2.45) is 5.92 Å². The molecule has 0 aliphatic heterocycles. The SMILES string of the molecule is CC(C)C(O)CC(=O)Nc1ccc(OCCN(C)C)cc1. The Morgan fingerprint density at radius 2 is 1.90 bits per heavy atom. The van der Waals surface area contributed by atoms with E-state index in [4.69, 9.17) is 4.74 Å². The lowest BCUT2D eigenvalue weighted by molar-refractivity contribution is -0.118. The molecule has 0 saturated heterocycles. The quantitative estimate of drug-likeness (QED) is 0.769. The standard InChI is InChI=1S/C16H26N2O3/c1-12(2)15(19)11-16(20)17-13-5-7-14(8-6-13)21-10-9-18(3)4/h5-8,12,15,19H,9-11H2,1-4H3,(H,17,20). The minimum atomic E-state index is -0.612. The summed E-state index contributed by atoms with van der Waals surface area (Å²) in [4.78, 5) is 13.8. The third kappa shape index (κ3) is 7.11. The zero-order valence-electron chi connectivity index (χ0n) is 13.3. The van der Waals surface area contributed by atoms with Crippen molar-refractivity contribution in [2.75, 3.05) is 32.6 Å². The van der Waals surface area contributed by atoms with Gasteiger partial charge in [-0.2, -0.15) is 0 Å². The van der Waals surface area contributed by atoms with E-state index < -0.39 is 6.10 Å². The van der Waals surface area contributed by atoms with Gasteiger partial charge in [-0.05, 0) is 44.3 Å². The van der Waals surface area contributed by atoms with Crippen molar-refractivity contribution in [2.45, 2.75) is 26.4 Å². The number of nitrogens with zero attached hydrogens (tertiary/aromatic N) is 1. The van der Waals surface area contributed by atoms with E-state index in [-0.39, 0.29) is 18.2 Å². The maximum Gasteiger partial charge on any atom is 0.226 e. The van der Waals surface area contributed by atoms with Gasteiger partial charge in [0.1, 0.15) is 12.4 Å². The highest BCUT2D eigenvalue weighted by atomic mass is 16.5. The van der Waals surface area contributed by atoms with Crippen LogP contribution in [-0.2, 0) is 4.79 Å². The Hall–Kier alpha value is -1.59. The van der Waals surface area contributed by atoms with Crippen LogP contribution in [-0.4, -0.2) is 49.3 Å². The van der Waals surface area contributed by atoms with E-state index in [1.807, 2.05) is 40.1 Å². The second-order valence-corrected chi connectivity index (χ2v) is 5.74. The van der Waals surface area contributed by atoms with Gasteiger partial charge < -0.3 is 20.1 Å². The van der Waals surface area contributed by atoms with Crippen LogP contribution in [0.15, 0.2) is 24.3 Å². The highest BCUT2D eigenvalue weighted by Crippen LogP contribution is 2.16. The average Bonchev–Trinajstić information content (AvgIpc) is 2.40. The summed E-state index contributed by atoms with van der Waals surface area (Å²) in [5.41, 5.74) is 0.705. The van der Waals surface area contributed by atoms with Gasteiger partial charge in [-0.15, -0.1) is 0 Å². The molecule has 0 saturated carbocycles. The van der Waals surface area contributed by atoms with Crippen molar-refractivity contribution < 1.29 is 14.6 Å². The zero-order valence-corrected chi connectivity index (χ0v) is 13.3. The summed E-state index contributed by atoms with van der Waals surface area (Å²) in [5.74, 6) is 0.665. The molecule has 1 aromatic carbocycles. The molecule has 21 heavy (non-hydrogen) atoms. The topological polar surface area (TPSA) is 61.8 Å². The first kappa shape index (κ1) is 17.5. The molecule has 0 heterocycles. The predicted molar refractivity (Wildman–Crippen MR) is 84.6 cm³/mol. The number of likely N-dealkylation sites (N-methyl/N-ethyl adjacent to an activating group) is 1. The molecule has 1 amide bonds. The van der Waals surface area contributed by atoms with E-state index in [1.165, 1.54) is 0 Å². The number of benzene rings is 1. The third-order valence-corrected chi connectivity index (χ3v) is 3.11. The van der Waals surface area contributed by atoms with Gasteiger partial charge in [-0.1, -0.05) is 13.8 Å². The van der Waals surface area contributed by atoms with Gasteiger partial charge in [0.15, 0.2) is 0 Å². The number of carbonyl (C=O) groups is 1. The van der Waals surface area contributed by atoms with Crippen molar-refractivity contribution in [3.63, 3.8) is 0 Å². The van der Waals surface area contributed by atoms with Crippen molar-refractivity contribution in [3.05, 3.63) is 24.3 Å². The first-order chi connectivity index (χ1) is 9.88. The zero-order chi connectivity index (χ0) is 15.8. The molecule has 5 nitrogen and oxygen atoms in total. The highest BCUT2D eigenvalue weighted by molar-refractivity contribution is 5.91. The van der Waals surface area contributed by atoms with Crippen molar-refractivity contribution in [3.8, 4) is 5.75 Å². The molecule has 5 heteroatoms. The van der Waals surface area contributed by atoms with Crippen molar-refractivity contribution >= 4 is 11.6 Å². The monoisotopic (exact) mass is 294 g/mol. The molecule has 0 radical (unpaired) electrons. The molecule has 0 aliphatic rings. The molecule has 118 valence electrons. The second-order valence-electron chi connectivity index (χ2n) is 5.74. The number of carbonyl (C=O) groups excluding carboxylic acids is 1. The first-order valence-corrected chi connectivity index (χ1v) is 7.24. The lowest BCUT2D eigenvalue weighted by Gasteiger charge is -2.14. The summed E-state index contributed by atoms with van der Waals surface area (Å²) in [6, 6.07) is 7.24. The Balaban J connectivity index is 2.41. The third-order valence-electron chi connectivity index (χ3n) is 3.11. The second kappa shape index (κ2) is 8.64. The van der Waals surface area contributed by atoms with Crippen molar-refractivity contribution in [1.29, 1.82) is 0 Å². The molecule has 1 aromatic rings. The minimum Gasteiger partial charge on any atom is -0.492 e. The fraction of sp³-hybridized carbons (Fsp3) is 0.562. The summed E-state index contributed by atoms with van der Waals surface area (Å²) in [6.07, 6.45) is -0.502. The minimum absolute atomic E-state index is 0.0724. The van der Waals surface area contributed by atoms with Gasteiger partial charge >= 0.3 is 0 Å². The van der Waals surface area contributed by atoms with Crippen LogP contribution in [0.1, 0.15) is 20.3 Å². The van der Waals surface area contributed by atoms with Crippen LogP contribution in [0.25, 0.3) is 0 Å². The van der Waals surface area contributed by atoms with Crippen LogP contribution in [0.5, 0.6) is 5.75 Å². The number of aliphatic hydroxyl groups is 1. The largest absolute Gasteiger partial charge is 0.492 e. The van der Waals surface area contributed by atoms with Gasteiger partial charge in [0.25, 0.3) is 0 Å². The molecular formula is C16H26N2O3. The number of nitrogens with one attached hydrogen (secondary N) is 1. The Morgan fingerprint density at radius 3 is 2.43 bits per heavy atom. The molecule has 0 aromatic heterocycles. The lowest BCUT2D eigenvalue weighted by atomic mass is 10.0. The van der Waals surface area contributed by atoms with E-state index in [0.29, 0.717) is 12.3 Å². The summed E-state index contributed by atoms with van der Waals surface area (Å²) in [5, 5.41) is 12.4. The Morgan fingerprint density at radius 1 is 1.29 bits per heavy atom. The molecule has 1 rings (SSSR count). The van der Waals surface area contributed by atoms with E-state index in [9.17, 15) is 9.90 Å². The smallest absolute Gasteiger partial charge is 0.226 e. The Kier molecular flexibility index (Phi) is 7.19. The van der Waals surface area contributed by atoms with Crippen LogP contribution in [0.3, 0.4) is 0 Å². The maximum atomic E-state index is 11.8. The fourth-order valence-corrected chi connectivity index (χ4v) is 1.62. The number of hydrogen-bond donors (Lipinski definition) is 2. The van der Waals surface area contributed by atoms with Gasteiger partial charge in [-0.25, -0.2) is 0 Å². The van der Waals surface area contributed by atoms with E-state index >= 15 is 0 Å². The van der Waals surface area contributed by atoms with Gasteiger partial charge in [0, 0.05) is 12.2 Å². The van der Waals surface area contributed by atoms with Gasteiger partial charge in [0.2, 0.25) is 5.91 Å². The molecule has 0 bridgehead atoms. The first-order valence-electron chi connectivity index (χ1n) is 7.24. The van der Waals surface area contributed by atoms with E-state index in [2.05, 4.69) is 10.2 Å². The normalized spacial score (nSPS) is 12.5. The van der Waals surface area contributed by atoms with E-state index in [1.54, 1.807) is 12.1 Å². The lowest BCUT2D eigenvalue weighted by Crippen LogP contribution is -2.23. The number of rotatable bonds is 8. The van der Waals surface area contributed by atoms with Crippen LogP contribution in [0.4, 0.5) is 5.69 Å². The summed E-state index contributed by atoms with van der Waals surface area (Å²) in [7, 11) is 3.99. The highest BCUT2D eigenvalue weighted by Gasteiger charge is 2.14. The number of anilines is 1. The van der Waals surface area contributed by atoms with Crippen LogP contribution in [0, 0.1) is 5.92 Å². The predicted octanol–water partition coefficient (Wildman–Crippen LogP) is 1.97. The molecule has 0 fully saturated rings. The molecule has 1 atom stereocenters. The summed E-state index contributed by atoms with van der Waals surface area (Å²) >= 11 is 0. The van der Waals surface area contributed by atoms with Crippen LogP contribution >= 0.6 is 0 Å². The summed E-state index contributed by atoms with van der Waals surface area (Å²) < 4.78 is 5.58. The van der Waals surface area contributed by atoms with Crippen molar-refractivity contribution in [1.82, 2.24) is 4.90 Å². The van der Waals surface area contributed by atoms with Crippen LogP contribution < -0.4 is 10.1 Å². The number of hydrogen-bond acceptors (Lipinski definition) is 4. The molecule has 0 spiro atoms. The van der Waals surface area contributed by atoms with Crippen LogP contribution in [0.2, 0.25) is 0 Å². The molecule has 2 N–H and O–H groups in total. The van der Waals surface area contributed by atoms with Gasteiger partial charge in [0.05, 0.1) is 12.5 Å². The molecule has 1 unspecified atom stereocenters. The van der Waals surface area contributed by atoms with E-state index in [0.717, 1.165) is 12.3 Å². The summed E-state index contributed by atoms with van der Waals surface area (Å²) in [6.45, 7) is 5.25. The van der Waals surface area contributed by atoms with Gasteiger partial charge in [-0.3, -0.25) is 4.79 Å². The molecule has 0 aliphatic carbocycles. The number of aliphatic hydroxyl groups excluding tert-OH is 1. The number of ether oxygens (including phenoxy) is 1. The number of amides is 1. The Bertz CT molecular complexity index is 430. The fourth-order valence-electron chi connectivity index (χ4n) is 1.62. The average molecular weight is 294 g/mol. The maximum absolute atomic E-state index is 11.8. The molecular weight excluding hydrogens is 268 g/mol.